The molecule has 24 heavy (non-hydrogen) atoms. The summed E-state index contributed by atoms with van der Waals surface area (Å²) >= 11 is 0. The molecule has 0 aliphatic heterocycles. The fourth-order valence-electron chi connectivity index (χ4n) is 2.51. The second-order valence-corrected chi connectivity index (χ2v) is 5.80. The first kappa shape index (κ1) is 16.5. The molecule has 1 saturated carbocycles. The second-order valence-electron chi connectivity index (χ2n) is 5.80. The van der Waals surface area contributed by atoms with Gasteiger partial charge in [-0.05, 0) is 33.1 Å². The molecule has 2 aromatic heterocycles. The average Bonchev–Trinajstić information content (AvgIpc) is 2.77. The zero-order valence-corrected chi connectivity index (χ0v) is 13.5. The minimum Gasteiger partial charge on any atom is -0.370 e. The lowest BCUT2D eigenvalue weighted by Gasteiger charge is -2.25. The number of aromatic nitrogens is 4. The Balaban J connectivity index is 1.84. The molecule has 1 aliphatic carbocycles. The van der Waals surface area contributed by atoms with Crippen LogP contribution in [0, 0.1) is 6.92 Å². The molecule has 0 aromatic carbocycles. The summed E-state index contributed by atoms with van der Waals surface area (Å²) in [4.78, 5) is 7.76. The molecule has 3 rings (SSSR count). The smallest absolute Gasteiger partial charge is 0.370 e. The predicted molar refractivity (Wildman–Crippen MR) is 84.3 cm³/mol. The maximum absolute atomic E-state index is 13.0. The Morgan fingerprint density at radius 3 is 2.67 bits per heavy atom. The minimum absolute atomic E-state index is 0.107. The third-order valence-electron chi connectivity index (χ3n) is 4.05. The van der Waals surface area contributed by atoms with Crippen molar-refractivity contribution >= 4 is 17.5 Å². The van der Waals surface area contributed by atoms with Gasteiger partial charge >= 0.3 is 6.18 Å². The maximum Gasteiger partial charge on any atom is 0.421 e. The Kier molecular flexibility index (Phi) is 4.33. The fourth-order valence-corrected chi connectivity index (χ4v) is 2.51. The van der Waals surface area contributed by atoms with E-state index in [-0.39, 0.29) is 11.8 Å². The summed E-state index contributed by atoms with van der Waals surface area (Å²) in [6.45, 7) is 3.88. The topological polar surface area (TPSA) is 67.7 Å². The molecular formula is C15H19F3N6. The molecule has 0 saturated heterocycles. The largest absolute Gasteiger partial charge is 0.421 e. The normalized spacial score (nSPS) is 15.2. The highest BCUT2D eigenvalue weighted by atomic mass is 19.4. The molecule has 0 spiro atoms. The van der Waals surface area contributed by atoms with E-state index in [1.807, 2.05) is 17.8 Å². The fraction of sp³-hybridized carbons (Fsp3) is 0.533. The number of hydrogen-bond donors (Lipinski definition) is 2. The number of halogens is 3. The maximum atomic E-state index is 13.0. The lowest BCUT2D eigenvalue weighted by atomic mass is 9.93. The van der Waals surface area contributed by atoms with Gasteiger partial charge in [0.25, 0.3) is 0 Å². The van der Waals surface area contributed by atoms with E-state index in [1.54, 1.807) is 6.92 Å². The third kappa shape index (κ3) is 3.29. The van der Waals surface area contributed by atoms with Gasteiger partial charge in [-0.1, -0.05) is 0 Å². The zero-order chi connectivity index (χ0) is 17.3. The number of anilines is 3. The van der Waals surface area contributed by atoms with E-state index in [1.165, 1.54) is 6.42 Å². The number of hydrogen-bond acceptors (Lipinski definition) is 5. The Morgan fingerprint density at radius 1 is 1.33 bits per heavy atom. The van der Waals surface area contributed by atoms with Gasteiger partial charge in [-0.15, -0.1) is 0 Å². The standard InChI is InChI=1S/C15H19F3N6/c1-3-19-13-11(15(16,17)18)7-20-14(22-13)21-12-8-24(23-9(12)2)10-5-4-6-10/h7-8,10H,3-6H2,1-2H3,(H2,19,20,21,22). The molecular weight excluding hydrogens is 321 g/mol. The molecule has 1 aliphatic rings. The number of nitrogens with zero attached hydrogens (tertiary/aromatic N) is 4. The van der Waals surface area contributed by atoms with Crippen LogP contribution in [0.25, 0.3) is 0 Å². The Bertz CT molecular complexity index is 720. The summed E-state index contributed by atoms with van der Waals surface area (Å²) in [5.41, 5.74) is 0.580. The van der Waals surface area contributed by atoms with Crippen molar-refractivity contribution < 1.29 is 13.2 Å². The monoisotopic (exact) mass is 340 g/mol. The van der Waals surface area contributed by atoms with E-state index >= 15 is 0 Å². The molecule has 0 atom stereocenters. The van der Waals surface area contributed by atoms with Crippen LogP contribution < -0.4 is 10.6 Å². The summed E-state index contributed by atoms with van der Waals surface area (Å²) in [6, 6.07) is 0.407. The third-order valence-corrected chi connectivity index (χ3v) is 4.05. The van der Waals surface area contributed by atoms with Crippen molar-refractivity contribution in [3.05, 3.63) is 23.7 Å². The van der Waals surface area contributed by atoms with Crippen molar-refractivity contribution in [2.24, 2.45) is 0 Å². The highest BCUT2D eigenvalue weighted by Crippen LogP contribution is 2.35. The molecule has 6 nitrogen and oxygen atoms in total. The summed E-state index contributed by atoms with van der Waals surface area (Å²) in [6.07, 6.45) is 1.54. The zero-order valence-electron chi connectivity index (χ0n) is 13.5. The van der Waals surface area contributed by atoms with E-state index in [0.29, 0.717) is 18.3 Å². The van der Waals surface area contributed by atoms with Gasteiger partial charge in [-0.3, -0.25) is 4.68 Å². The Morgan fingerprint density at radius 2 is 2.08 bits per heavy atom. The first-order chi connectivity index (χ1) is 11.4. The Hall–Kier alpha value is -2.32. The molecule has 2 N–H and O–H groups in total. The number of alkyl halides is 3. The molecule has 0 amide bonds. The van der Waals surface area contributed by atoms with Crippen LogP contribution in [0.2, 0.25) is 0 Å². The van der Waals surface area contributed by atoms with E-state index in [0.717, 1.165) is 24.7 Å². The minimum atomic E-state index is -4.50. The molecule has 130 valence electrons. The number of rotatable bonds is 5. The van der Waals surface area contributed by atoms with E-state index in [4.69, 9.17) is 0 Å². The van der Waals surface area contributed by atoms with E-state index in [9.17, 15) is 13.2 Å². The van der Waals surface area contributed by atoms with Gasteiger partial charge in [-0.2, -0.15) is 23.3 Å². The summed E-state index contributed by atoms with van der Waals surface area (Å²) in [5, 5.41) is 10.0. The first-order valence-corrected chi connectivity index (χ1v) is 7.89. The van der Waals surface area contributed by atoms with Gasteiger partial charge in [0.1, 0.15) is 11.4 Å². The highest BCUT2D eigenvalue weighted by molar-refractivity contribution is 5.58. The van der Waals surface area contributed by atoms with E-state index in [2.05, 4.69) is 25.7 Å². The molecule has 2 aromatic rings. The highest BCUT2D eigenvalue weighted by Gasteiger charge is 2.35. The van der Waals surface area contributed by atoms with Crippen LogP contribution in [-0.2, 0) is 6.18 Å². The van der Waals surface area contributed by atoms with Crippen molar-refractivity contribution in [3.63, 3.8) is 0 Å². The van der Waals surface area contributed by atoms with Gasteiger partial charge in [0.05, 0.1) is 17.4 Å². The van der Waals surface area contributed by atoms with Crippen molar-refractivity contribution in [2.45, 2.75) is 45.3 Å². The van der Waals surface area contributed by atoms with Crippen molar-refractivity contribution in [1.82, 2.24) is 19.7 Å². The average molecular weight is 340 g/mol. The molecule has 9 heteroatoms. The summed E-state index contributed by atoms with van der Waals surface area (Å²) in [5.74, 6) is -0.123. The lowest BCUT2D eigenvalue weighted by Crippen LogP contribution is -2.17. The van der Waals surface area contributed by atoms with Crippen LogP contribution in [0.15, 0.2) is 12.4 Å². The van der Waals surface area contributed by atoms with Crippen molar-refractivity contribution in [1.29, 1.82) is 0 Å². The van der Waals surface area contributed by atoms with Crippen LogP contribution in [0.5, 0.6) is 0 Å². The van der Waals surface area contributed by atoms with Crippen molar-refractivity contribution in [2.75, 3.05) is 17.2 Å². The Labute approximate surface area is 137 Å². The predicted octanol–water partition coefficient (Wildman–Crippen LogP) is 3.90. The van der Waals surface area contributed by atoms with Gasteiger partial charge < -0.3 is 10.6 Å². The van der Waals surface area contributed by atoms with Gasteiger partial charge in [0.2, 0.25) is 5.95 Å². The van der Waals surface area contributed by atoms with Crippen LogP contribution in [0.4, 0.5) is 30.6 Å². The van der Waals surface area contributed by atoms with Crippen LogP contribution in [0.1, 0.15) is 43.5 Å². The molecule has 1 fully saturated rings. The first-order valence-electron chi connectivity index (χ1n) is 7.89. The van der Waals surface area contributed by atoms with Crippen LogP contribution in [-0.4, -0.2) is 26.3 Å². The lowest BCUT2D eigenvalue weighted by molar-refractivity contribution is -0.137. The molecule has 0 radical (unpaired) electrons. The van der Waals surface area contributed by atoms with Gasteiger partial charge in [0.15, 0.2) is 0 Å². The molecule has 0 unspecified atom stereocenters. The molecule has 2 heterocycles. The molecule has 0 bridgehead atoms. The van der Waals surface area contributed by atoms with Gasteiger partial charge in [0, 0.05) is 18.9 Å². The van der Waals surface area contributed by atoms with Crippen LogP contribution in [0.3, 0.4) is 0 Å². The SMILES string of the molecule is CCNc1nc(Nc2cn(C3CCC3)nc2C)ncc1C(F)(F)F. The van der Waals surface area contributed by atoms with Gasteiger partial charge in [-0.25, -0.2) is 4.98 Å². The number of nitrogens with one attached hydrogen (secondary N) is 2. The second kappa shape index (κ2) is 6.29. The quantitative estimate of drug-likeness (QED) is 0.864. The summed E-state index contributed by atoms with van der Waals surface area (Å²) < 4.78 is 40.8. The van der Waals surface area contributed by atoms with Crippen molar-refractivity contribution in [3.8, 4) is 0 Å². The summed E-state index contributed by atoms with van der Waals surface area (Å²) in [7, 11) is 0. The van der Waals surface area contributed by atoms with E-state index < -0.39 is 11.7 Å². The van der Waals surface area contributed by atoms with Crippen LogP contribution >= 0.6 is 0 Å². The number of aryl methyl sites for hydroxylation is 1.